The first-order chi connectivity index (χ1) is 13.5. The third-order valence-electron chi connectivity index (χ3n) is 4.80. The number of urea groups is 1. The Labute approximate surface area is 164 Å². The van der Waals surface area contributed by atoms with Crippen molar-refractivity contribution in [3.05, 3.63) is 53.6 Å². The van der Waals surface area contributed by atoms with Gasteiger partial charge >= 0.3 is 12.0 Å². The molecule has 0 spiro atoms. The van der Waals surface area contributed by atoms with Crippen LogP contribution >= 0.6 is 0 Å². The normalized spacial score (nSPS) is 13.8. The van der Waals surface area contributed by atoms with E-state index in [2.05, 4.69) is 10.2 Å². The summed E-state index contributed by atoms with van der Waals surface area (Å²) in [6.45, 7) is 4.51. The van der Waals surface area contributed by atoms with E-state index in [1.54, 1.807) is 18.1 Å². The highest BCUT2D eigenvalue weighted by Gasteiger charge is 2.22. The van der Waals surface area contributed by atoms with E-state index >= 15 is 0 Å². The van der Waals surface area contributed by atoms with Crippen LogP contribution in [0.25, 0.3) is 0 Å². The Balaban J connectivity index is 1.62. The second kappa shape index (κ2) is 8.65. The average Bonchev–Trinajstić information content (AvgIpc) is 2.73. The van der Waals surface area contributed by atoms with Crippen LogP contribution in [0.1, 0.15) is 15.9 Å². The molecule has 2 aromatic carbocycles. The summed E-state index contributed by atoms with van der Waals surface area (Å²) in [5.74, 6) is 0.282. The third-order valence-corrected chi connectivity index (χ3v) is 4.80. The molecule has 0 atom stereocenters. The molecule has 0 bridgehead atoms. The van der Waals surface area contributed by atoms with Crippen molar-refractivity contribution in [3.63, 3.8) is 0 Å². The fourth-order valence-corrected chi connectivity index (χ4v) is 3.23. The van der Waals surface area contributed by atoms with Crippen LogP contribution in [0.15, 0.2) is 42.5 Å². The lowest BCUT2D eigenvalue weighted by atomic mass is 10.1. The van der Waals surface area contributed by atoms with E-state index in [1.807, 2.05) is 43.3 Å². The second-order valence-electron chi connectivity index (χ2n) is 6.65. The number of hydrogen-bond donors (Lipinski definition) is 1. The molecule has 7 heteroatoms. The molecular weight excluding hydrogens is 358 g/mol. The topological polar surface area (TPSA) is 71.1 Å². The molecule has 7 nitrogen and oxygen atoms in total. The number of nitrogens with one attached hydrogen (secondary N) is 1. The quantitative estimate of drug-likeness (QED) is 0.822. The number of anilines is 2. The van der Waals surface area contributed by atoms with E-state index in [0.717, 1.165) is 11.3 Å². The monoisotopic (exact) mass is 383 g/mol. The van der Waals surface area contributed by atoms with Crippen molar-refractivity contribution in [2.75, 3.05) is 50.6 Å². The highest BCUT2D eigenvalue weighted by Crippen LogP contribution is 2.26. The van der Waals surface area contributed by atoms with E-state index in [-0.39, 0.29) is 12.0 Å². The second-order valence-corrected chi connectivity index (χ2v) is 6.65. The molecular formula is C21H25N3O4. The van der Waals surface area contributed by atoms with Crippen LogP contribution in [0.5, 0.6) is 5.75 Å². The molecule has 0 unspecified atom stereocenters. The number of carbonyl (C=O) groups is 2. The molecule has 0 aliphatic carbocycles. The van der Waals surface area contributed by atoms with Crippen molar-refractivity contribution >= 4 is 23.4 Å². The predicted octanol–water partition coefficient (Wildman–Crippen LogP) is 3.14. The van der Waals surface area contributed by atoms with E-state index in [1.165, 1.54) is 7.11 Å². The largest absolute Gasteiger partial charge is 0.495 e. The van der Waals surface area contributed by atoms with Gasteiger partial charge in [0.15, 0.2) is 0 Å². The van der Waals surface area contributed by atoms with Crippen molar-refractivity contribution in [2.24, 2.45) is 0 Å². The van der Waals surface area contributed by atoms with Gasteiger partial charge in [0.2, 0.25) is 0 Å². The summed E-state index contributed by atoms with van der Waals surface area (Å²) in [6, 6.07) is 12.9. The number of methoxy groups -OCH3 is 2. The number of rotatable bonds is 4. The lowest BCUT2D eigenvalue weighted by molar-refractivity contribution is 0.0600. The lowest BCUT2D eigenvalue weighted by Crippen LogP contribution is -2.50. The van der Waals surface area contributed by atoms with Crippen molar-refractivity contribution in [1.82, 2.24) is 4.90 Å². The number of ether oxygens (including phenoxy) is 2. The zero-order valence-corrected chi connectivity index (χ0v) is 16.4. The molecule has 28 heavy (non-hydrogen) atoms. The van der Waals surface area contributed by atoms with Gasteiger partial charge in [-0.15, -0.1) is 0 Å². The maximum atomic E-state index is 12.7. The molecule has 1 saturated heterocycles. The zero-order valence-electron chi connectivity index (χ0n) is 16.4. The average molecular weight is 383 g/mol. The van der Waals surface area contributed by atoms with Gasteiger partial charge in [-0.25, -0.2) is 9.59 Å². The molecule has 0 radical (unpaired) electrons. The fourth-order valence-electron chi connectivity index (χ4n) is 3.23. The molecule has 0 aromatic heterocycles. The SMILES string of the molecule is COC(=O)c1cccc(N2CCN(C(=O)Nc3cc(C)ccc3OC)CC2)c1. The van der Waals surface area contributed by atoms with Crippen LogP contribution in [0, 0.1) is 6.92 Å². The third kappa shape index (κ3) is 4.36. The molecule has 3 rings (SSSR count). The fraction of sp³-hybridized carbons (Fsp3) is 0.333. The summed E-state index contributed by atoms with van der Waals surface area (Å²) in [4.78, 5) is 28.3. The molecule has 1 N–H and O–H groups in total. The smallest absolute Gasteiger partial charge is 0.337 e. The Morgan fingerprint density at radius 1 is 1.00 bits per heavy atom. The standard InChI is InChI=1S/C21H25N3O4/c1-15-7-8-19(27-2)18(13-15)22-21(26)24-11-9-23(10-12-24)17-6-4-5-16(14-17)20(25)28-3/h4-8,13-14H,9-12H2,1-3H3,(H,22,26). The molecule has 2 aromatic rings. The summed E-state index contributed by atoms with van der Waals surface area (Å²) in [5.41, 5.74) is 3.18. The van der Waals surface area contributed by atoms with Gasteiger partial charge in [-0.2, -0.15) is 0 Å². The first-order valence-corrected chi connectivity index (χ1v) is 9.15. The Morgan fingerprint density at radius 2 is 1.75 bits per heavy atom. The molecule has 1 aliphatic heterocycles. The Bertz CT molecular complexity index is 860. The van der Waals surface area contributed by atoms with Crippen molar-refractivity contribution < 1.29 is 19.1 Å². The number of nitrogens with zero attached hydrogens (tertiary/aromatic N) is 2. The van der Waals surface area contributed by atoms with Gasteiger partial charge in [-0.1, -0.05) is 12.1 Å². The number of carbonyl (C=O) groups excluding carboxylic acids is 2. The van der Waals surface area contributed by atoms with Crippen molar-refractivity contribution in [3.8, 4) is 5.75 Å². The number of esters is 1. The summed E-state index contributed by atoms with van der Waals surface area (Å²) < 4.78 is 10.1. The van der Waals surface area contributed by atoms with Gasteiger partial charge in [0.05, 0.1) is 25.5 Å². The van der Waals surface area contributed by atoms with E-state index in [9.17, 15) is 9.59 Å². The summed E-state index contributed by atoms with van der Waals surface area (Å²) in [7, 11) is 2.96. The molecule has 2 amide bonds. The Morgan fingerprint density at radius 3 is 2.43 bits per heavy atom. The highest BCUT2D eigenvalue weighted by atomic mass is 16.5. The van der Waals surface area contributed by atoms with E-state index in [0.29, 0.717) is 43.2 Å². The van der Waals surface area contributed by atoms with Gasteiger partial charge in [-0.3, -0.25) is 0 Å². The van der Waals surface area contributed by atoms with Crippen LogP contribution in [0.3, 0.4) is 0 Å². The first-order valence-electron chi connectivity index (χ1n) is 9.15. The summed E-state index contributed by atoms with van der Waals surface area (Å²) in [5, 5.41) is 2.94. The molecule has 148 valence electrons. The highest BCUT2D eigenvalue weighted by molar-refractivity contribution is 5.92. The number of hydrogen-bond acceptors (Lipinski definition) is 5. The van der Waals surface area contributed by atoms with Crippen molar-refractivity contribution in [2.45, 2.75) is 6.92 Å². The van der Waals surface area contributed by atoms with Gasteiger partial charge in [0.1, 0.15) is 5.75 Å². The molecule has 1 fully saturated rings. The number of benzene rings is 2. The lowest BCUT2D eigenvalue weighted by Gasteiger charge is -2.36. The van der Waals surface area contributed by atoms with Crippen molar-refractivity contribution in [1.29, 1.82) is 0 Å². The van der Waals surface area contributed by atoms with Crippen LogP contribution in [0.2, 0.25) is 0 Å². The predicted molar refractivity (Wildman–Crippen MR) is 108 cm³/mol. The minimum Gasteiger partial charge on any atom is -0.495 e. The van der Waals surface area contributed by atoms with Crippen LogP contribution in [-0.2, 0) is 4.74 Å². The Hall–Kier alpha value is -3.22. The van der Waals surface area contributed by atoms with Gasteiger partial charge < -0.3 is 24.6 Å². The van der Waals surface area contributed by atoms with Gasteiger partial charge in [0.25, 0.3) is 0 Å². The van der Waals surface area contributed by atoms with Gasteiger partial charge in [0, 0.05) is 31.9 Å². The van der Waals surface area contributed by atoms with Crippen LogP contribution in [-0.4, -0.2) is 57.3 Å². The van der Waals surface area contributed by atoms with E-state index in [4.69, 9.17) is 9.47 Å². The van der Waals surface area contributed by atoms with Crippen LogP contribution in [0.4, 0.5) is 16.2 Å². The first kappa shape index (κ1) is 19.5. The maximum absolute atomic E-state index is 12.7. The molecule has 1 heterocycles. The minimum atomic E-state index is -0.355. The van der Waals surface area contributed by atoms with E-state index < -0.39 is 0 Å². The number of amides is 2. The zero-order chi connectivity index (χ0) is 20.1. The maximum Gasteiger partial charge on any atom is 0.337 e. The summed E-state index contributed by atoms with van der Waals surface area (Å²) >= 11 is 0. The van der Waals surface area contributed by atoms with Crippen LogP contribution < -0.4 is 15.0 Å². The number of aryl methyl sites for hydroxylation is 1. The molecule has 1 aliphatic rings. The number of piperazine rings is 1. The minimum absolute atomic E-state index is 0.146. The summed E-state index contributed by atoms with van der Waals surface area (Å²) in [6.07, 6.45) is 0. The Kier molecular flexibility index (Phi) is 6.03. The van der Waals surface area contributed by atoms with Gasteiger partial charge in [-0.05, 0) is 42.8 Å². The molecule has 0 saturated carbocycles.